The molecule has 5 heteroatoms. The summed E-state index contributed by atoms with van der Waals surface area (Å²) in [4.78, 5) is 5.26. The summed E-state index contributed by atoms with van der Waals surface area (Å²) in [6.07, 6.45) is 17.6. The summed E-state index contributed by atoms with van der Waals surface area (Å²) in [6.45, 7) is 21.6. The van der Waals surface area contributed by atoms with Gasteiger partial charge in [-0.05, 0) is 192 Å². The first-order valence-corrected chi connectivity index (χ1v) is 31.3. The minimum Gasteiger partial charge on any atom is -0.333 e. The SMILES string of the molecule is CC(C)(C)C1=CCC(C2=CCCC(C3CC=C(C(C)(C)C)CC3)C2n2c3ccccc3c3c4c(ccc32)N(c2ccccc2)c2cc(C(C)(C)C)cc3c2B4c2ccc(-n4c5ccccc5c5ccccc54)cc2N3c2ccccc2)CC1. The molecule has 2 aromatic heterocycles. The normalized spacial score (nSPS) is 20.1. The molecule has 4 nitrogen and oxygen atoms in total. The molecule has 10 aromatic rings. The summed E-state index contributed by atoms with van der Waals surface area (Å²) in [7, 11) is 0. The summed E-state index contributed by atoms with van der Waals surface area (Å²) in [5.74, 6) is 1.66. The Morgan fingerprint density at radius 2 is 1.00 bits per heavy atom. The van der Waals surface area contributed by atoms with Crippen LogP contribution in [0.5, 0.6) is 0 Å². The van der Waals surface area contributed by atoms with E-state index >= 15 is 0 Å². The lowest BCUT2D eigenvalue weighted by Crippen LogP contribution is -2.61. The summed E-state index contributed by atoms with van der Waals surface area (Å²) >= 11 is 0. The second-order valence-electron chi connectivity index (χ2n) is 28.2. The van der Waals surface area contributed by atoms with E-state index in [-0.39, 0.29) is 29.0 Å². The molecule has 8 aromatic carbocycles. The molecule has 5 aliphatic rings. The van der Waals surface area contributed by atoms with Gasteiger partial charge in [-0.3, -0.25) is 0 Å². The van der Waals surface area contributed by atoms with E-state index < -0.39 is 0 Å². The number of fused-ring (bicyclic) bond motifs is 11. The van der Waals surface area contributed by atoms with Gasteiger partial charge >= 0.3 is 0 Å². The average molecular weight is 1080 g/mol. The van der Waals surface area contributed by atoms with E-state index in [0.717, 1.165) is 24.2 Å². The molecule has 0 saturated carbocycles. The maximum absolute atomic E-state index is 2.93. The maximum atomic E-state index is 2.93. The first kappa shape index (κ1) is 52.1. The molecule has 0 fully saturated rings. The summed E-state index contributed by atoms with van der Waals surface area (Å²) < 4.78 is 5.44. The second-order valence-corrected chi connectivity index (χ2v) is 28.2. The van der Waals surface area contributed by atoms with Crippen molar-refractivity contribution in [2.24, 2.45) is 28.6 Å². The van der Waals surface area contributed by atoms with E-state index in [9.17, 15) is 0 Å². The van der Waals surface area contributed by atoms with Gasteiger partial charge in [0.05, 0.1) is 17.1 Å². The third-order valence-corrected chi connectivity index (χ3v) is 20.4. The van der Waals surface area contributed by atoms with Gasteiger partial charge in [0.2, 0.25) is 0 Å². The molecule has 4 atom stereocenters. The molecule has 3 aliphatic carbocycles. The number of anilines is 6. The van der Waals surface area contributed by atoms with Gasteiger partial charge in [0.15, 0.2) is 0 Å². The van der Waals surface area contributed by atoms with E-state index in [0.29, 0.717) is 17.8 Å². The van der Waals surface area contributed by atoms with Crippen LogP contribution in [0.25, 0.3) is 49.3 Å². The lowest BCUT2D eigenvalue weighted by molar-refractivity contribution is 0.200. The van der Waals surface area contributed by atoms with Gasteiger partial charge in [-0.1, -0.05) is 189 Å². The predicted octanol–water partition coefficient (Wildman–Crippen LogP) is 19.7. The Morgan fingerprint density at radius 3 is 1.58 bits per heavy atom. The average Bonchev–Trinajstić information content (AvgIpc) is 1.81. The molecule has 0 amide bonds. The first-order chi connectivity index (χ1) is 40.1. The lowest BCUT2D eigenvalue weighted by Gasteiger charge is -2.45. The number of aromatic nitrogens is 2. The number of para-hydroxylation sites is 5. The van der Waals surface area contributed by atoms with Gasteiger partial charge in [0.25, 0.3) is 6.71 Å². The zero-order chi connectivity index (χ0) is 56.7. The van der Waals surface area contributed by atoms with Crippen LogP contribution in [0.2, 0.25) is 0 Å². The Morgan fingerprint density at radius 1 is 0.434 bits per heavy atom. The number of hydrogen-bond acceptors (Lipinski definition) is 2. The van der Waals surface area contributed by atoms with Gasteiger partial charge in [-0.15, -0.1) is 0 Å². The predicted molar refractivity (Wildman–Crippen MR) is 356 cm³/mol. The fourth-order valence-corrected chi connectivity index (χ4v) is 16.3. The number of nitrogens with zero attached hydrogens (tertiary/aromatic N) is 4. The maximum Gasteiger partial charge on any atom is 0.253 e. The number of rotatable bonds is 6. The van der Waals surface area contributed by atoms with Gasteiger partial charge in [-0.2, -0.15) is 0 Å². The molecule has 0 bridgehead atoms. The zero-order valence-corrected chi connectivity index (χ0v) is 50.3. The first-order valence-electron chi connectivity index (χ1n) is 31.3. The van der Waals surface area contributed by atoms with Crippen molar-refractivity contribution in [3.63, 3.8) is 0 Å². The van der Waals surface area contributed by atoms with E-state index in [1.54, 1.807) is 16.7 Å². The van der Waals surface area contributed by atoms with E-state index in [4.69, 9.17) is 0 Å². The van der Waals surface area contributed by atoms with Gasteiger partial charge < -0.3 is 18.9 Å². The van der Waals surface area contributed by atoms with Crippen molar-refractivity contribution in [1.29, 1.82) is 0 Å². The third-order valence-electron chi connectivity index (χ3n) is 20.4. The number of hydrogen-bond donors (Lipinski definition) is 0. The van der Waals surface area contributed by atoms with Crippen molar-refractivity contribution in [2.45, 2.75) is 125 Å². The molecule has 0 spiro atoms. The van der Waals surface area contributed by atoms with Crippen molar-refractivity contribution in [2.75, 3.05) is 9.80 Å². The van der Waals surface area contributed by atoms with Gasteiger partial charge in [0.1, 0.15) is 0 Å². The monoisotopic (exact) mass is 1080 g/mol. The summed E-state index contributed by atoms with van der Waals surface area (Å²) in [5.41, 5.74) is 24.3. The Bertz CT molecular complexity index is 4260. The van der Waals surface area contributed by atoms with E-state index in [2.05, 4.69) is 275 Å². The molecule has 4 unspecified atom stereocenters. The molecular formula is C78H79BN4. The second kappa shape index (κ2) is 19.4. The van der Waals surface area contributed by atoms with E-state index in [1.165, 1.54) is 133 Å². The minimum atomic E-state index is -0.138. The van der Waals surface area contributed by atoms with Crippen molar-refractivity contribution >= 4 is 101 Å². The summed E-state index contributed by atoms with van der Waals surface area (Å²) in [6, 6.07) is 67.9. The molecule has 0 saturated heterocycles. The molecular weight excluding hydrogens is 1000 g/mol. The number of benzene rings is 8. The molecule has 83 heavy (non-hydrogen) atoms. The Hall–Kier alpha value is -7.76. The van der Waals surface area contributed by atoms with Gasteiger partial charge in [0, 0.05) is 72.4 Å². The quantitative estimate of drug-likeness (QED) is 0.122. The molecule has 15 rings (SSSR count). The largest absolute Gasteiger partial charge is 0.333 e. The molecule has 2 aliphatic heterocycles. The highest BCUT2D eigenvalue weighted by Crippen LogP contribution is 2.54. The molecule has 0 radical (unpaired) electrons. The smallest absolute Gasteiger partial charge is 0.253 e. The fraction of sp³-hybridized carbons (Fsp3) is 0.308. The van der Waals surface area contributed by atoms with Crippen LogP contribution >= 0.6 is 0 Å². The lowest BCUT2D eigenvalue weighted by atomic mass is 9.33. The Kier molecular flexibility index (Phi) is 12.2. The van der Waals surface area contributed by atoms with E-state index in [1.807, 2.05) is 0 Å². The fourth-order valence-electron chi connectivity index (χ4n) is 16.3. The standard InChI is InChI=1S/C78H79BN4/c1-76(2,3)52-39-35-50(36-40-52)58-30-22-31-59(51-37-41-53(42-38-51)77(4,5)6)75(58)83-66-34-21-18-29-62(66)72-67(83)45-46-68-74(72)79-63-44-43-57(82-64-32-19-16-27-60(64)61-28-17-20-33-65(61)82)49-69(63)81(56-25-14-11-15-26-56)71-48-54(78(7,8)9)47-70(73(71)79)80(68)55-23-12-10-13-24-55/h10-21,23-30,32-34,39,41,43-51,59,75H,22,31,35-38,40,42H2,1-9H3. The highest BCUT2D eigenvalue weighted by molar-refractivity contribution is 7.02. The van der Waals surface area contributed by atoms with Crippen LogP contribution in [-0.4, -0.2) is 15.8 Å². The van der Waals surface area contributed by atoms with Crippen LogP contribution in [0.4, 0.5) is 34.1 Å². The zero-order valence-electron chi connectivity index (χ0n) is 50.3. The topological polar surface area (TPSA) is 16.3 Å². The van der Waals surface area contributed by atoms with Crippen LogP contribution in [-0.2, 0) is 5.41 Å². The van der Waals surface area contributed by atoms with Crippen LogP contribution in [0.1, 0.15) is 125 Å². The van der Waals surface area contributed by atoms with Crippen molar-refractivity contribution < 1.29 is 0 Å². The molecule has 0 N–H and O–H groups in total. The highest BCUT2D eigenvalue weighted by Gasteiger charge is 2.47. The molecule has 4 heterocycles. The van der Waals surface area contributed by atoms with Crippen LogP contribution in [0.15, 0.2) is 211 Å². The van der Waals surface area contributed by atoms with Crippen LogP contribution in [0.3, 0.4) is 0 Å². The van der Waals surface area contributed by atoms with Crippen molar-refractivity contribution in [1.82, 2.24) is 9.13 Å². The molecule has 414 valence electrons. The van der Waals surface area contributed by atoms with Gasteiger partial charge in [-0.25, -0.2) is 0 Å². The Labute approximate surface area is 492 Å². The van der Waals surface area contributed by atoms with Crippen molar-refractivity contribution in [3.8, 4) is 5.69 Å². The van der Waals surface area contributed by atoms with Crippen LogP contribution in [0, 0.1) is 28.6 Å². The highest BCUT2D eigenvalue weighted by atomic mass is 15.2. The Balaban J connectivity index is 1.03. The van der Waals surface area contributed by atoms with Crippen LogP contribution < -0.4 is 26.2 Å². The third kappa shape index (κ3) is 8.36. The summed E-state index contributed by atoms with van der Waals surface area (Å²) in [5, 5.41) is 5.30. The minimum absolute atomic E-state index is 0.0788. The number of allylic oxidation sites excluding steroid dienone is 6. The van der Waals surface area contributed by atoms with Crippen molar-refractivity contribution in [3.05, 3.63) is 216 Å².